The van der Waals surface area contributed by atoms with Crippen molar-refractivity contribution in [2.45, 2.75) is 12.7 Å². The number of rotatable bonds is 4. The summed E-state index contributed by atoms with van der Waals surface area (Å²) in [5.74, 6) is 4.60. The van der Waals surface area contributed by atoms with E-state index in [1.54, 1.807) is 28.8 Å². The predicted molar refractivity (Wildman–Crippen MR) is 92.0 cm³/mol. The van der Waals surface area contributed by atoms with Crippen LogP contribution in [0.3, 0.4) is 0 Å². The fraction of sp³-hybridized carbons (Fsp3) is 0.158. The van der Waals surface area contributed by atoms with Crippen molar-refractivity contribution >= 4 is 11.6 Å². The van der Waals surface area contributed by atoms with Gasteiger partial charge in [0, 0.05) is 18.3 Å². The van der Waals surface area contributed by atoms with Gasteiger partial charge in [-0.15, -0.1) is 0 Å². The third kappa shape index (κ3) is 4.46. The lowest BCUT2D eigenvalue weighted by Gasteiger charge is -2.05. The number of nitrogens with zero attached hydrogens (tertiary/aromatic N) is 2. The van der Waals surface area contributed by atoms with Crippen LogP contribution in [0.15, 0.2) is 48.7 Å². The first-order chi connectivity index (χ1) is 12.8. The second-order valence-electron chi connectivity index (χ2n) is 5.66. The van der Waals surface area contributed by atoms with Crippen LogP contribution in [-0.2, 0) is 17.5 Å². The van der Waals surface area contributed by atoms with Gasteiger partial charge in [-0.2, -0.15) is 13.2 Å². The smallest absolute Gasteiger partial charge is 0.416 e. The first kappa shape index (κ1) is 18.5. The second-order valence-corrected chi connectivity index (χ2v) is 5.66. The minimum absolute atomic E-state index is 0.167. The number of halogens is 3. The van der Waals surface area contributed by atoms with Crippen molar-refractivity contribution in [3.8, 4) is 11.8 Å². The largest absolute Gasteiger partial charge is 0.480 e. The normalized spacial score (nSPS) is 11.2. The van der Waals surface area contributed by atoms with Gasteiger partial charge in [0.25, 0.3) is 0 Å². The van der Waals surface area contributed by atoms with Crippen LogP contribution >= 0.6 is 0 Å². The number of pyridine rings is 1. The number of alkyl halides is 3. The van der Waals surface area contributed by atoms with Gasteiger partial charge < -0.3 is 10.4 Å². The van der Waals surface area contributed by atoms with Crippen LogP contribution in [0, 0.1) is 11.8 Å². The van der Waals surface area contributed by atoms with Gasteiger partial charge in [0.05, 0.1) is 17.8 Å². The molecular weight excluding hydrogens is 359 g/mol. The molecule has 0 bridgehead atoms. The molecule has 27 heavy (non-hydrogen) atoms. The molecule has 0 saturated carbocycles. The van der Waals surface area contributed by atoms with Crippen LogP contribution in [-0.4, -0.2) is 27.0 Å². The lowest BCUT2D eigenvalue weighted by molar-refractivity contribution is -0.138. The topological polar surface area (TPSA) is 66.6 Å². The Kier molecular flexibility index (Phi) is 5.14. The number of hydrogen-bond acceptors (Lipinski definition) is 3. The molecule has 2 N–H and O–H groups in total. The fourth-order valence-corrected chi connectivity index (χ4v) is 2.49. The molecule has 0 spiro atoms. The van der Waals surface area contributed by atoms with Gasteiger partial charge in [0.1, 0.15) is 11.3 Å². The maximum Gasteiger partial charge on any atom is 0.416 e. The van der Waals surface area contributed by atoms with E-state index in [-0.39, 0.29) is 18.7 Å². The van der Waals surface area contributed by atoms with Gasteiger partial charge in [0.2, 0.25) is 0 Å². The molecule has 3 aromatic rings. The van der Waals surface area contributed by atoms with E-state index in [0.29, 0.717) is 17.0 Å². The van der Waals surface area contributed by atoms with Crippen LogP contribution in [0.2, 0.25) is 0 Å². The summed E-state index contributed by atoms with van der Waals surface area (Å²) in [7, 11) is 0. The molecule has 0 aliphatic carbocycles. The monoisotopic (exact) mass is 373 g/mol. The Morgan fingerprint density at radius 1 is 1.19 bits per heavy atom. The van der Waals surface area contributed by atoms with E-state index in [9.17, 15) is 18.0 Å². The first-order valence-corrected chi connectivity index (χ1v) is 7.92. The van der Waals surface area contributed by atoms with Crippen LogP contribution < -0.4 is 5.32 Å². The number of carbonyl (C=O) groups is 1. The Hall–Kier alpha value is -3.31. The molecule has 2 aromatic heterocycles. The Labute approximate surface area is 152 Å². The molecular formula is C19H14F3N3O2. The summed E-state index contributed by atoms with van der Waals surface area (Å²) in [6.07, 6.45) is -2.70. The maximum atomic E-state index is 12.8. The fourth-order valence-electron chi connectivity index (χ4n) is 2.49. The number of carboxylic acids is 1. The number of hydrogen-bond donors (Lipinski definition) is 2. The van der Waals surface area contributed by atoms with Crippen molar-refractivity contribution in [2.24, 2.45) is 0 Å². The second kappa shape index (κ2) is 7.51. The third-order valence-electron chi connectivity index (χ3n) is 3.69. The highest BCUT2D eigenvalue weighted by Crippen LogP contribution is 2.29. The number of fused-ring (bicyclic) bond motifs is 1. The summed E-state index contributed by atoms with van der Waals surface area (Å²) in [4.78, 5) is 15.1. The van der Waals surface area contributed by atoms with E-state index in [1.165, 1.54) is 12.1 Å². The van der Waals surface area contributed by atoms with E-state index in [4.69, 9.17) is 5.11 Å². The molecule has 0 atom stereocenters. The van der Waals surface area contributed by atoms with Crippen LogP contribution in [0.4, 0.5) is 13.2 Å². The Morgan fingerprint density at radius 3 is 2.74 bits per heavy atom. The van der Waals surface area contributed by atoms with Crippen LogP contribution in [0.1, 0.15) is 22.5 Å². The van der Waals surface area contributed by atoms with Crippen LogP contribution in [0.5, 0.6) is 0 Å². The standard InChI is InChI=1S/C19H14F3N3O2/c20-19(21,22)14-5-3-4-13(10-14)7-8-16-15(11-23-12-18(26)27)24-17-6-1-2-9-25(16)17/h1-6,9-10,23H,11-12H2,(H,26,27). The molecule has 138 valence electrons. The highest BCUT2D eigenvalue weighted by molar-refractivity contribution is 5.69. The zero-order valence-corrected chi connectivity index (χ0v) is 13.9. The highest BCUT2D eigenvalue weighted by atomic mass is 19.4. The Bertz CT molecular complexity index is 1050. The third-order valence-corrected chi connectivity index (χ3v) is 3.69. The molecule has 0 saturated heterocycles. The maximum absolute atomic E-state index is 12.8. The lowest BCUT2D eigenvalue weighted by atomic mass is 10.1. The van der Waals surface area contributed by atoms with Crippen molar-refractivity contribution in [3.63, 3.8) is 0 Å². The molecule has 5 nitrogen and oxygen atoms in total. The molecule has 0 fully saturated rings. The van der Waals surface area contributed by atoms with Crippen molar-refractivity contribution < 1.29 is 23.1 Å². The summed E-state index contributed by atoms with van der Waals surface area (Å²) < 4.78 is 40.2. The van der Waals surface area contributed by atoms with Gasteiger partial charge in [-0.05, 0) is 36.3 Å². The number of nitrogens with one attached hydrogen (secondary N) is 1. The quantitative estimate of drug-likeness (QED) is 0.690. The van der Waals surface area contributed by atoms with Gasteiger partial charge in [-0.3, -0.25) is 9.20 Å². The van der Waals surface area contributed by atoms with Gasteiger partial charge >= 0.3 is 12.1 Å². The van der Waals surface area contributed by atoms with Crippen molar-refractivity contribution in [2.75, 3.05) is 6.54 Å². The Balaban J connectivity index is 1.97. The zero-order valence-electron chi connectivity index (χ0n) is 13.9. The molecule has 3 rings (SSSR count). The highest BCUT2D eigenvalue weighted by Gasteiger charge is 2.30. The lowest BCUT2D eigenvalue weighted by Crippen LogP contribution is -2.22. The van der Waals surface area contributed by atoms with Crippen LogP contribution in [0.25, 0.3) is 5.65 Å². The number of aliphatic carboxylic acids is 1. The predicted octanol–water partition coefficient (Wildman–Crippen LogP) is 2.93. The Morgan fingerprint density at radius 2 is 2.00 bits per heavy atom. The molecule has 2 heterocycles. The molecule has 0 amide bonds. The number of aromatic nitrogens is 2. The zero-order chi connectivity index (χ0) is 19.4. The molecule has 0 unspecified atom stereocenters. The SMILES string of the molecule is O=C(O)CNCc1nc2ccccn2c1C#Cc1cccc(C(F)(F)F)c1. The van der Waals surface area contributed by atoms with Gasteiger partial charge in [-0.25, -0.2) is 4.98 Å². The average Bonchev–Trinajstić information content (AvgIpc) is 2.96. The molecule has 0 aliphatic rings. The van der Waals surface area contributed by atoms with Gasteiger partial charge in [-0.1, -0.05) is 18.1 Å². The van der Waals surface area contributed by atoms with Crippen molar-refractivity contribution in [3.05, 3.63) is 71.2 Å². The average molecular weight is 373 g/mol. The van der Waals surface area contributed by atoms with E-state index < -0.39 is 17.7 Å². The molecule has 0 radical (unpaired) electrons. The van der Waals surface area contributed by atoms with E-state index >= 15 is 0 Å². The molecule has 8 heteroatoms. The summed E-state index contributed by atoms with van der Waals surface area (Å²) >= 11 is 0. The van der Waals surface area contributed by atoms with E-state index in [1.807, 2.05) is 0 Å². The molecule has 0 aliphatic heterocycles. The number of benzene rings is 1. The summed E-state index contributed by atoms with van der Waals surface area (Å²) in [6.45, 7) is -0.0745. The van der Waals surface area contributed by atoms with E-state index in [2.05, 4.69) is 22.1 Å². The van der Waals surface area contributed by atoms with Crippen molar-refractivity contribution in [1.82, 2.24) is 14.7 Å². The minimum atomic E-state index is -4.44. The minimum Gasteiger partial charge on any atom is -0.480 e. The van der Waals surface area contributed by atoms with E-state index in [0.717, 1.165) is 12.1 Å². The summed E-state index contributed by atoms with van der Waals surface area (Å²) in [6, 6.07) is 10.1. The summed E-state index contributed by atoms with van der Waals surface area (Å²) in [5, 5.41) is 11.5. The molecule has 1 aromatic carbocycles. The number of imidazole rings is 1. The first-order valence-electron chi connectivity index (χ1n) is 7.92. The summed E-state index contributed by atoms with van der Waals surface area (Å²) in [5.41, 5.74) is 1.07. The number of carboxylic acid groups (broad SMARTS) is 1. The van der Waals surface area contributed by atoms with Gasteiger partial charge in [0.15, 0.2) is 0 Å². The van der Waals surface area contributed by atoms with Crippen molar-refractivity contribution in [1.29, 1.82) is 0 Å².